The lowest BCUT2D eigenvalue weighted by Crippen LogP contribution is -2.03. The van der Waals surface area contributed by atoms with E-state index in [-0.39, 0.29) is 5.82 Å². The van der Waals surface area contributed by atoms with Gasteiger partial charge in [-0.1, -0.05) is 15.9 Å². The van der Waals surface area contributed by atoms with E-state index in [4.69, 9.17) is 5.73 Å². The molecule has 0 fully saturated rings. The van der Waals surface area contributed by atoms with Crippen LogP contribution in [0.5, 0.6) is 0 Å². The van der Waals surface area contributed by atoms with Gasteiger partial charge in [0.25, 0.3) is 0 Å². The fourth-order valence-corrected chi connectivity index (χ4v) is 2.04. The molecule has 0 spiro atoms. The molecule has 0 atom stereocenters. The summed E-state index contributed by atoms with van der Waals surface area (Å²) in [5, 5.41) is 0. The van der Waals surface area contributed by atoms with Crippen molar-refractivity contribution in [3.05, 3.63) is 52.3 Å². The molecule has 0 saturated carbocycles. The van der Waals surface area contributed by atoms with Gasteiger partial charge in [0.15, 0.2) is 0 Å². The van der Waals surface area contributed by atoms with Crippen LogP contribution in [0.4, 0.5) is 4.39 Å². The summed E-state index contributed by atoms with van der Waals surface area (Å²) >= 11 is 3.33. The molecule has 0 unspecified atom stereocenters. The Hall–Kier alpha value is -1.20. The Morgan fingerprint density at radius 1 is 1.41 bits per heavy atom. The van der Waals surface area contributed by atoms with Crippen molar-refractivity contribution in [1.82, 2.24) is 9.55 Å². The van der Waals surface area contributed by atoms with Crippen LogP contribution in [0.2, 0.25) is 0 Å². The van der Waals surface area contributed by atoms with E-state index >= 15 is 0 Å². The Morgan fingerprint density at radius 2 is 2.24 bits per heavy atom. The smallest absolute Gasteiger partial charge is 0.128 e. The van der Waals surface area contributed by atoms with Crippen molar-refractivity contribution in [2.24, 2.45) is 5.73 Å². The van der Waals surface area contributed by atoms with E-state index in [0.717, 1.165) is 16.6 Å². The van der Waals surface area contributed by atoms with Gasteiger partial charge in [0.05, 0.1) is 18.6 Å². The first-order chi connectivity index (χ1) is 8.19. The number of halogens is 2. The molecule has 3 nitrogen and oxygen atoms in total. The summed E-state index contributed by atoms with van der Waals surface area (Å²) in [5.74, 6) is -0.206. The first-order valence-electron chi connectivity index (χ1n) is 5.33. The van der Waals surface area contributed by atoms with Crippen LogP contribution in [0.25, 0.3) is 0 Å². The molecule has 1 heterocycles. The molecule has 0 amide bonds. The minimum Gasteiger partial charge on any atom is -0.333 e. The number of nitrogens with zero attached hydrogens (tertiary/aromatic N) is 2. The molecule has 0 radical (unpaired) electrons. The minimum absolute atomic E-state index is 0.206. The van der Waals surface area contributed by atoms with Crippen molar-refractivity contribution in [2.75, 3.05) is 6.54 Å². The van der Waals surface area contributed by atoms with E-state index < -0.39 is 0 Å². The molecule has 0 bridgehead atoms. The quantitative estimate of drug-likeness (QED) is 0.941. The number of hydrogen-bond acceptors (Lipinski definition) is 2. The number of imidazole rings is 1. The van der Waals surface area contributed by atoms with Crippen molar-refractivity contribution in [3.63, 3.8) is 0 Å². The second kappa shape index (κ2) is 5.42. The minimum atomic E-state index is -0.206. The lowest BCUT2D eigenvalue weighted by molar-refractivity contribution is 0.599. The highest BCUT2D eigenvalue weighted by Gasteiger charge is 2.04. The third kappa shape index (κ3) is 3.14. The second-order valence-corrected chi connectivity index (χ2v) is 4.73. The molecule has 17 heavy (non-hydrogen) atoms. The molecule has 0 saturated heterocycles. The van der Waals surface area contributed by atoms with Crippen LogP contribution in [0, 0.1) is 5.82 Å². The van der Waals surface area contributed by atoms with Crippen LogP contribution < -0.4 is 5.73 Å². The standard InChI is InChI=1S/C12H13BrFN3/c13-10-1-2-12(14)9(5-10)6-17-7-11(3-4-15)16-8-17/h1-2,5,7-8H,3-4,6,15H2. The Bertz CT molecular complexity index is 510. The summed E-state index contributed by atoms with van der Waals surface area (Å²) in [7, 11) is 0. The molecule has 2 N–H and O–H groups in total. The lowest BCUT2D eigenvalue weighted by atomic mass is 10.2. The zero-order valence-electron chi connectivity index (χ0n) is 9.24. The second-order valence-electron chi connectivity index (χ2n) is 3.81. The average Bonchev–Trinajstić information content (AvgIpc) is 2.72. The first-order valence-corrected chi connectivity index (χ1v) is 6.13. The van der Waals surface area contributed by atoms with Crippen LogP contribution in [0.1, 0.15) is 11.3 Å². The SMILES string of the molecule is NCCc1cn(Cc2cc(Br)ccc2F)cn1. The van der Waals surface area contributed by atoms with Gasteiger partial charge in [-0.05, 0) is 24.7 Å². The number of hydrogen-bond donors (Lipinski definition) is 1. The van der Waals surface area contributed by atoms with Crippen molar-refractivity contribution in [1.29, 1.82) is 0 Å². The molecule has 2 aromatic rings. The summed E-state index contributed by atoms with van der Waals surface area (Å²) in [6.45, 7) is 1.05. The van der Waals surface area contributed by atoms with Gasteiger partial charge in [0.1, 0.15) is 5.82 Å². The van der Waals surface area contributed by atoms with Gasteiger partial charge < -0.3 is 10.3 Å². The average molecular weight is 298 g/mol. The van der Waals surface area contributed by atoms with E-state index in [1.807, 2.05) is 10.8 Å². The largest absolute Gasteiger partial charge is 0.333 e. The first kappa shape index (κ1) is 12.3. The van der Waals surface area contributed by atoms with Gasteiger partial charge in [0.2, 0.25) is 0 Å². The Balaban J connectivity index is 2.16. The van der Waals surface area contributed by atoms with E-state index in [9.17, 15) is 4.39 Å². The summed E-state index contributed by atoms with van der Waals surface area (Å²) in [6, 6.07) is 4.92. The molecular weight excluding hydrogens is 285 g/mol. The molecular formula is C12H13BrFN3. The van der Waals surface area contributed by atoms with Crippen LogP contribution in [-0.4, -0.2) is 16.1 Å². The fraction of sp³-hybridized carbons (Fsp3) is 0.250. The normalized spacial score (nSPS) is 10.8. The van der Waals surface area contributed by atoms with Gasteiger partial charge in [-0.25, -0.2) is 9.37 Å². The van der Waals surface area contributed by atoms with E-state index in [0.29, 0.717) is 18.7 Å². The topological polar surface area (TPSA) is 43.8 Å². The Morgan fingerprint density at radius 3 is 3.00 bits per heavy atom. The highest BCUT2D eigenvalue weighted by atomic mass is 79.9. The van der Waals surface area contributed by atoms with Gasteiger partial charge in [0, 0.05) is 22.7 Å². The van der Waals surface area contributed by atoms with E-state index in [2.05, 4.69) is 20.9 Å². The van der Waals surface area contributed by atoms with Crippen molar-refractivity contribution in [2.45, 2.75) is 13.0 Å². The molecule has 5 heteroatoms. The predicted octanol–water partition coefficient (Wildman–Crippen LogP) is 2.33. The zero-order chi connectivity index (χ0) is 12.3. The van der Waals surface area contributed by atoms with Crippen LogP contribution in [0.3, 0.4) is 0 Å². The summed E-state index contributed by atoms with van der Waals surface area (Å²) in [4.78, 5) is 4.20. The number of nitrogens with two attached hydrogens (primary N) is 1. The fourth-order valence-electron chi connectivity index (χ4n) is 1.63. The highest BCUT2D eigenvalue weighted by Crippen LogP contribution is 2.16. The maximum atomic E-state index is 13.5. The number of benzene rings is 1. The lowest BCUT2D eigenvalue weighted by Gasteiger charge is -2.04. The van der Waals surface area contributed by atoms with Crippen molar-refractivity contribution < 1.29 is 4.39 Å². The van der Waals surface area contributed by atoms with Crippen LogP contribution in [-0.2, 0) is 13.0 Å². The number of rotatable bonds is 4. The maximum absolute atomic E-state index is 13.5. The Kier molecular flexibility index (Phi) is 3.91. The summed E-state index contributed by atoms with van der Waals surface area (Å²) in [5.41, 5.74) is 7.02. The van der Waals surface area contributed by atoms with Crippen LogP contribution in [0.15, 0.2) is 35.2 Å². The van der Waals surface area contributed by atoms with Gasteiger partial charge >= 0.3 is 0 Å². The summed E-state index contributed by atoms with van der Waals surface area (Å²) < 4.78 is 16.3. The molecule has 2 rings (SSSR count). The third-order valence-electron chi connectivity index (χ3n) is 2.45. The van der Waals surface area contributed by atoms with Crippen molar-refractivity contribution in [3.8, 4) is 0 Å². The van der Waals surface area contributed by atoms with E-state index in [1.165, 1.54) is 6.07 Å². The third-order valence-corrected chi connectivity index (χ3v) is 2.94. The summed E-state index contributed by atoms with van der Waals surface area (Å²) in [6.07, 6.45) is 4.34. The van der Waals surface area contributed by atoms with Crippen LogP contribution >= 0.6 is 15.9 Å². The number of aromatic nitrogens is 2. The highest BCUT2D eigenvalue weighted by molar-refractivity contribution is 9.10. The van der Waals surface area contributed by atoms with Gasteiger partial charge in [-0.15, -0.1) is 0 Å². The molecule has 0 aliphatic carbocycles. The van der Waals surface area contributed by atoms with Gasteiger partial charge in [-0.2, -0.15) is 0 Å². The Labute approximate surface area is 108 Å². The molecule has 0 aliphatic rings. The monoisotopic (exact) mass is 297 g/mol. The molecule has 1 aromatic heterocycles. The molecule has 1 aromatic carbocycles. The predicted molar refractivity (Wildman–Crippen MR) is 68.2 cm³/mol. The molecule has 90 valence electrons. The molecule has 0 aliphatic heterocycles. The van der Waals surface area contributed by atoms with Crippen molar-refractivity contribution >= 4 is 15.9 Å². The zero-order valence-corrected chi connectivity index (χ0v) is 10.8. The maximum Gasteiger partial charge on any atom is 0.128 e. The van der Waals surface area contributed by atoms with E-state index in [1.54, 1.807) is 18.5 Å². The van der Waals surface area contributed by atoms with Gasteiger partial charge in [-0.3, -0.25) is 0 Å².